The van der Waals surface area contributed by atoms with E-state index in [1.54, 1.807) is 0 Å². The van der Waals surface area contributed by atoms with Gasteiger partial charge in [0.05, 0.1) is 18.2 Å². The van der Waals surface area contributed by atoms with Crippen molar-refractivity contribution < 1.29 is 9.53 Å². The van der Waals surface area contributed by atoms with Crippen molar-refractivity contribution in [1.82, 2.24) is 9.80 Å². The molecule has 5 nitrogen and oxygen atoms in total. The number of piperidine rings is 1. The van der Waals surface area contributed by atoms with Crippen molar-refractivity contribution in [2.45, 2.75) is 63.1 Å². The van der Waals surface area contributed by atoms with Gasteiger partial charge in [0.25, 0.3) is 0 Å². The van der Waals surface area contributed by atoms with Gasteiger partial charge in [0, 0.05) is 32.2 Å². The Kier molecular flexibility index (Phi) is 8.08. The van der Waals surface area contributed by atoms with Crippen LogP contribution in [0.2, 0.25) is 0 Å². The quantitative estimate of drug-likeness (QED) is 0.808. The van der Waals surface area contributed by atoms with Crippen molar-refractivity contribution >= 4 is 30.7 Å². The smallest absolute Gasteiger partial charge is 0.242 e. The van der Waals surface area contributed by atoms with E-state index in [4.69, 9.17) is 10.5 Å². The molecule has 0 bridgehead atoms. The molecule has 2 N–H and O–H groups in total. The number of carbonyl (C=O) groups excluding carboxylic acids is 1. The summed E-state index contributed by atoms with van der Waals surface area (Å²) < 4.78 is 5.62. The van der Waals surface area contributed by atoms with E-state index in [0.717, 1.165) is 71.3 Å². The minimum atomic E-state index is -0.555. The predicted molar refractivity (Wildman–Crippen MR) is 96.5 cm³/mol. The number of likely N-dealkylation sites (tertiary alicyclic amines) is 1. The number of rotatable bonds is 2. The van der Waals surface area contributed by atoms with Crippen molar-refractivity contribution in [3.8, 4) is 0 Å². The van der Waals surface area contributed by atoms with E-state index in [9.17, 15) is 4.79 Å². The first-order chi connectivity index (χ1) is 10.1. The highest BCUT2D eigenvalue weighted by Gasteiger charge is 2.41. The van der Waals surface area contributed by atoms with Crippen LogP contribution in [0.15, 0.2) is 0 Å². The van der Waals surface area contributed by atoms with Gasteiger partial charge in [0.1, 0.15) is 0 Å². The Morgan fingerprint density at radius 3 is 2.30 bits per heavy atom. The Morgan fingerprint density at radius 2 is 1.74 bits per heavy atom. The molecule has 0 radical (unpaired) electrons. The van der Waals surface area contributed by atoms with Crippen LogP contribution < -0.4 is 5.73 Å². The highest BCUT2D eigenvalue weighted by molar-refractivity contribution is 5.86. The molecule has 1 aliphatic carbocycles. The average Bonchev–Trinajstić information content (AvgIpc) is 2.95. The number of hydrogen-bond donors (Lipinski definition) is 1. The summed E-state index contributed by atoms with van der Waals surface area (Å²) in [6.45, 7) is 6.78. The maximum absolute atomic E-state index is 12.6. The van der Waals surface area contributed by atoms with Crippen molar-refractivity contribution in [2.75, 3.05) is 32.8 Å². The van der Waals surface area contributed by atoms with Gasteiger partial charge in [-0.1, -0.05) is 12.8 Å². The molecule has 2 aliphatic heterocycles. The molecule has 2 saturated heterocycles. The molecule has 0 aromatic rings. The first-order valence-electron chi connectivity index (χ1n) is 8.52. The minimum Gasteiger partial charge on any atom is -0.376 e. The van der Waals surface area contributed by atoms with Gasteiger partial charge in [-0.3, -0.25) is 9.69 Å². The van der Waals surface area contributed by atoms with E-state index in [2.05, 4.69) is 11.8 Å². The van der Waals surface area contributed by atoms with Gasteiger partial charge in [-0.05, 0) is 32.6 Å². The average molecular weight is 368 g/mol. The number of halogens is 2. The summed E-state index contributed by atoms with van der Waals surface area (Å²) in [7, 11) is 0. The van der Waals surface area contributed by atoms with Crippen LogP contribution in [-0.4, -0.2) is 66.2 Å². The number of ether oxygens (including phenoxy) is 1. The van der Waals surface area contributed by atoms with Gasteiger partial charge < -0.3 is 15.4 Å². The summed E-state index contributed by atoms with van der Waals surface area (Å²) in [5, 5.41) is 0. The Balaban J connectivity index is 0.00000132. The maximum atomic E-state index is 12.6. The number of nitrogens with two attached hydrogens (primary N) is 1. The molecular formula is C16H31Cl2N3O2. The monoisotopic (exact) mass is 367 g/mol. The van der Waals surface area contributed by atoms with Gasteiger partial charge in [-0.15, -0.1) is 24.8 Å². The summed E-state index contributed by atoms with van der Waals surface area (Å²) in [6.07, 6.45) is 6.43. The minimum absolute atomic E-state index is 0. The molecule has 7 heteroatoms. The highest BCUT2D eigenvalue weighted by atomic mass is 35.5. The fourth-order valence-electron chi connectivity index (χ4n) is 4.15. The molecule has 3 aliphatic rings. The van der Waals surface area contributed by atoms with Crippen molar-refractivity contribution in [2.24, 2.45) is 5.73 Å². The van der Waals surface area contributed by atoms with Crippen LogP contribution >= 0.6 is 24.8 Å². The molecule has 0 aromatic carbocycles. The van der Waals surface area contributed by atoms with Crippen LogP contribution in [-0.2, 0) is 9.53 Å². The van der Waals surface area contributed by atoms with Crippen molar-refractivity contribution in [3.05, 3.63) is 0 Å². The molecule has 3 rings (SSSR count). The second-order valence-electron chi connectivity index (χ2n) is 7.06. The lowest BCUT2D eigenvalue weighted by Gasteiger charge is -2.43. The van der Waals surface area contributed by atoms with E-state index in [1.165, 1.54) is 0 Å². The third kappa shape index (κ3) is 4.73. The molecule has 0 spiro atoms. The van der Waals surface area contributed by atoms with Crippen LogP contribution in [0.5, 0.6) is 0 Å². The molecule has 3 fully saturated rings. The van der Waals surface area contributed by atoms with Crippen molar-refractivity contribution in [1.29, 1.82) is 0 Å². The van der Waals surface area contributed by atoms with E-state index in [-0.39, 0.29) is 30.7 Å². The molecule has 1 atom stereocenters. The lowest BCUT2D eigenvalue weighted by Crippen LogP contribution is -2.57. The Hall–Kier alpha value is -0.0700. The second-order valence-corrected chi connectivity index (χ2v) is 7.06. The third-order valence-electron chi connectivity index (χ3n) is 5.46. The van der Waals surface area contributed by atoms with Crippen molar-refractivity contribution in [3.63, 3.8) is 0 Å². The van der Waals surface area contributed by atoms with Gasteiger partial charge in [0.2, 0.25) is 5.91 Å². The third-order valence-corrected chi connectivity index (χ3v) is 5.46. The molecule has 1 saturated carbocycles. The second kappa shape index (κ2) is 8.86. The van der Waals surface area contributed by atoms with Crippen LogP contribution in [0.4, 0.5) is 0 Å². The predicted octanol–water partition coefficient (Wildman–Crippen LogP) is 1.81. The zero-order valence-electron chi connectivity index (χ0n) is 14.0. The number of amides is 1. The fourth-order valence-corrected chi connectivity index (χ4v) is 4.15. The van der Waals surface area contributed by atoms with Crippen LogP contribution in [0.3, 0.4) is 0 Å². The number of nitrogens with zero attached hydrogens (tertiary/aromatic N) is 2. The Labute approximate surface area is 152 Å². The standard InChI is InChI=1S/C16H29N3O2.2ClH/c1-13-12-19(10-11-21-13)14-4-8-18(9-5-14)15(20)16(17)6-2-3-7-16;;/h13-14H,2-12,17H2,1H3;2*1H. The van der Waals surface area contributed by atoms with Crippen LogP contribution in [0.1, 0.15) is 45.4 Å². The lowest BCUT2D eigenvalue weighted by molar-refractivity contribution is -0.139. The molecule has 136 valence electrons. The number of carbonyl (C=O) groups is 1. The van der Waals surface area contributed by atoms with E-state index in [0.29, 0.717) is 12.1 Å². The zero-order valence-corrected chi connectivity index (χ0v) is 15.7. The van der Waals surface area contributed by atoms with E-state index in [1.807, 2.05) is 4.90 Å². The van der Waals surface area contributed by atoms with Crippen LogP contribution in [0.25, 0.3) is 0 Å². The summed E-state index contributed by atoms with van der Waals surface area (Å²) in [5.74, 6) is 0.203. The molecule has 23 heavy (non-hydrogen) atoms. The topological polar surface area (TPSA) is 58.8 Å². The normalized spacial score (nSPS) is 28.8. The molecule has 2 heterocycles. The molecular weight excluding hydrogens is 337 g/mol. The number of morpholine rings is 1. The fraction of sp³-hybridized carbons (Fsp3) is 0.938. The SMILES string of the molecule is CC1CN(C2CCN(C(=O)C3(N)CCCC3)CC2)CCO1.Cl.Cl. The lowest BCUT2D eigenvalue weighted by atomic mass is 9.94. The van der Waals surface area contributed by atoms with Gasteiger partial charge in [-0.25, -0.2) is 0 Å². The molecule has 0 aromatic heterocycles. The molecule has 1 unspecified atom stereocenters. The summed E-state index contributed by atoms with van der Waals surface area (Å²) >= 11 is 0. The highest BCUT2D eigenvalue weighted by Crippen LogP contribution is 2.30. The Bertz CT molecular complexity index is 384. The summed E-state index contributed by atoms with van der Waals surface area (Å²) in [6, 6.07) is 0.609. The van der Waals surface area contributed by atoms with Gasteiger partial charge in [-0.2, -0.15) is 0 Å². The summed E-state index contributed by atoms with van der Waals surface area (Å²) in [4.78, 5) is 17.2. The first kappa shape index (κ1) is 21.0. The molecule has 1 amide bonds. The summed E-state index contributed by atoms with van der Waals surface area (Å²) in [5.41, 5.74) is 5.76. The largest absolute Gasteiger partial charge is 0.376 e. The zero-order chi connectivity index (χ0) is 14.9. The van der Waals surface area contributed by atoms with Gasteiger partial charge >= 0.3 is 0 Å². The van der Waals surface area contributed by atoms with E-state index >= 15 is 0 Å². The van der Waals surface area contributed by atoms with Crippen LogP contribution in [0, 0.1) is 0 Å². The van der Waals surface area contributed by atoms with E-state index < -0.39 is 5.54 Å². The first-order valence-corrected chi connectivity index (χ1v) is 8.52. The van der Waals surface area contributed by atoms with Gasteiger partial charge in [0.15, 0.2) is 0 Å². The Morgan fingerprint density at radius 1 is 1.13 bits per heavy atom. The number of hydrogen-bond acceptors (Lipinski definition) is 4. The maximum Gasteiger partial charge on any atom is 0.242 e.